The zero-order chi connectivity index (χ0) is 34.7. The van der Waals surface area contributed by atoms with Crippen LogP contribution in [0.5, 0.6) is 0 Å². The molecule has 0 aliphatic carbocycles. The molecule has 0 saturated heterocycles. The first-order valence-electron chi connectivity index (χ1n) is 18.4. The smallest absolute Gasteiger partial charge is 0.0764 e. The predicted octanol–water partition coefficient (Wildman–Crippen LogP) is 13.6. The highest BCUT2D eigenvalue weighted by Gasteiger charge is 2.49. The number of nitrogens with zero attached hydrogens (tertiary/aromatic N) is 1. The molecule has 1 spiro atoms. The number of para-hydroxylation sites is 3. The zero-order valence-electron chi connectivity index (χ0n) is 28.8. The second-order valence-electron chi connectivity index (χ2n) is 14.3. The van der Waals surface area contributed by atoms with E-state index < -0.39 is 5.41 Å². The Morgan fingerprint density at radius 3 is 1.66 bits per heavy atom. The summed E-state index contributed by atoms with van der Waals surface area (Å²) in [5.74, 6) is 0. The fourth-order valence-electron chi connectivity index (χ4n) is 9.84. The summed E-state index contributed by atoms with van der Waals surface area (Å²) in [6.07, 6.45) is 0. The molecule has 10 aromatic rings. The molecule has 12 rings (SSSR count). The third-order valence-electron chi connectivity index (χ3n) is 11.8. The number of hydrogen-bond donors (Lipinski definition) is 0. The molecule has 2 heteroatoms. The number of benzene rings is 9. The summed E-state index contributed by atoms with van der Waals surface area (Å²) in [5, 5.41) is 7.71. The Bertz CT molecular complexity index is 3100. The lowest BCUT2D eigenvalue weighted by molar-refractivity contribution is 0.690. The van der Waals surface area contributed by atoms with Crippen LogP contribution in [0.25, 0.3) is 71.3 Å². The maximum atomic E-state index is 2.52. The van der Waals surface area contributed by atoms with Gasteiger partial charge in [-0.15, -0.1) is 0 Å². The van der Waals surface area contributed by atoms with E-state index in [1.165, 1.54) is 103 Å². The van der Waals surface area contributed by atoms with Gasteiger partial charge in [-0.25, -0.2) is 0 Å². The Morgan fingerprint density at radius 2 is 0.906 bits per heavy atom. The van der Waals surface area contributed by atoms with Crippen LogP contribution in [0, 0.1) is 0 Å². The number of rotatable bonds is 2. The van der Waals surface area contributed by atoms with E-state index in [9.17, 15) is 0 Å². The second kappa shape index (κ2) is 10.8. The normalized spacial score (nSPS) is 15.5. The molecule has 1 nitrogen and oxygen atoms in total. The van der Waals surface area contributed by atoms with E-state index in [4.69, 9.17) is 0 Å². The van der Waals surface area contributed by atoms with E-state index in [2.05, 4.69) is 193 Å². The van der Waals surface area contributed by atoms with Crippen molar-refractivity contribution < 1.29 is 0 Å². The monoisotopic (exact) mass is 689 g/mol. The van der Waals surface area contributed by atoms with Crippen molar-refractivity contribution in [2.24, 2.45) is 0 Å². The van der Waals surface area contributed by atoms with Crippen molar-refractivity contribution in [3.05, 3.63) is 210 Å². The SMILES string of the molecule is c1ccc(-c2c3ccccc3c(-c3ccc4c(c3)Sc3ccccc3C43c4ccccc4-n4c5ccccc5c5cccc3c54)c3ccccc23)cc1. The Morgan fingerprint density at radius 1 is 0.358 bits per heavy atom. The predicted molar refractivity (Wildman–Crippen MR) is 223 cm³/mol. The molecular weight excluding hydrogens is 659 g/mol. The van der Waals surface area contributed by atoms with Gasteiger partial charge in [0.15, 0.2) is 0 Å². The Hall–Kier alpha value is -6.35. The minimum absolute atomic E-state index is 0.489. The van der Waals surface area contributed by atoms with Crippen molar-refractivity contribution in [3.63, 3.8) is 0 Å². The molecule has 0 fully saturated rings. The van der Waals surface area contributed by atoms with Crippen LogP contribution in [-0.2, 0) is 5.41 Å². The molecule has 2 aliphatic heterocycles. The van der Waals surface area contributed by atoms with Gasteiger partial charge >= 0.3 is 0 Å². The first-order chi connectivity index (χ1) is 26.3. The summed E-state index contributed by atoms with van der Waals surface area (Å²) in [6.45, 7) is 0. The Labute approximate surface area is 311 Å². The fraction of sp³-hybridized carbons (Fsp3) is 0.0196. The molecule has 53 heavy (non-hydrogen) atoms. The quantitative estimate of drug-likeness (QED) is 0.164. The molecule has 1 atom stereocenters. The van der Waals surface area contributed by atoms with Gasteiger partial charge < -0.3 is 4.57 Å². The third kappa shape index (κ3) is 3.78. The van der Waals surface area contributed by atoms with Gasteiger partial charge in [0.1, 0.15) is 0 Å². The lowest BCUT2D eigenvalue weighted by Crippen LogP contribution is -2.37. The van der Waals surface area contributed by atoms with Crippen LogP contribution in [0.4, 0.5) is 0 Å². The van der Waals surface area contributed by atoms with Crippen molar-refractivity contribution in [3.8, 4) is 27.9 Å². The molecule has 0 N–H and O–H groups in total. The number of aromatic nitrogens is 1. The summed E-state index contributed by atoms with van der Waals surface area (Å²) in [6, 6.07) is 70.2. The highest BCUT2D eigenvalue weighted by atomic mass is 32.2. The molecule has 2 aliphatic rings. The Balaban J connectivity index is 1.19. The van der Waals surface area contributed by atoms with E-state index >= 15 is 0 Å². The zero-order valence-corrected chi connectivity index (χ0v) is 29.6. The molecule has 1 unspecified atom stereocenters. The minimum Gasteiger partial charge on any atom is -0.309 e. The summed E-state index contributed by atoms with van der Waals surface area (Å²) in [7, 11) is 0. The first kappa shape index (κ1) is 29.3. The lowest BCUT2D eigenvalue weighted by Gasteiger charge is -2.45. The third-order valence-corrected chi connectivity index (χ3v) is 13.0. The average Bonchev–Trinajstić information content (AvgIpc) is 3.57. The van der Waals surface area contributed by atoms with Gasteiger partial charge in [-0.3, -0.25) is 0 Å². The van der Waals surface area contributed by atoms with E-state index in [0.29, 0.717) is 0 Å². The number of fused-ring (bicyclic) bond motifs is 13. The second-order valence-corrected chi connectivity index (χ2v) is 15.4. The molecule has 0 saturated carbocycles. The molecular formula is C51H31NS. The minimum atomic E-state index is -0.489. The van der Waals surface area contributed by atoms with Crippen molar-refractivity contribution in [2.45, 2.75) is 15.2 Å². The van der Waals surface area contributed by atoms with Gasteiger partial charge in [0.05, 0.1) is 22.1 Å². The number of hydrogen-bond acceptors (Lipinski definition) is 1. The van der Waals surface area contributed by atoms with Gasteiger partial charge in [0.25, 0.3) is 0 Å². The van der Waals surface area contributed by atoms with E-state index in [0.717, 1.165) is 0 Å². The average molecular weight is 690 g/mol. The van der Waals surface area contributed by atoms with E-state index in [1.54, 1.807) is 0 Å². The largest absolute Gasteiger partial charge is 0.309 e. The van der Waals surface area contributed by atoms with Gasteiger partial charge in [-0.05, 0) is 90.3 Å². The molecule has 3 heterocycles. The van der Waals surface area contributed by atoms with E-state index in [-0.39, 0.29) is 0 Å². The Kier molecular flexibility index (Phi) is 5.98. The highest BCUT2D eigenvalue weighted by Crippen LogP contribution is 2.61. The molecule has 246 valence electrons. The van der Waals surface area contributed by atoms with Crippen molar-refractivity contribution in [2.75, 3.05) is 0 Å². The molecule has 0 radical (unpaired) electrons. The van der Waals surface area contributed by atoms with Crippen LogP contribution in [0.15, 0.2) is 198 Å². The fourth-order valence-corrected chi connectivity index (χ4v) is 11.1. The van der Waals surface area contributed by atoms with Crippen LogP contribution >= 0.6 is 11.8 Å². The topological polar surface area (TPSA) is 4.93 Å². The van der Waals surface area contributed by atoms with Gasteiger partial charge in [0, 0.05) is 20.6 Å². The maximum absolute atomic E-state index is 2.52. The van der Waals surface area contributed by atoms with Crippen molar-refractivity contribution in [1.29, 1.82) is 0 Å². The molecule has 1 aromatic heterocycles. The van der Waals surface area contributed by atoms with Crippen molar-refractivity contribution in [1.82, 2.24) is 4.57 Å². The van der Waals surface area contributed by atoms with E-state index in [1.807, 2.05) is 11.8 Å². The molecule has 0 amide bonds. The first-order valence-corrected chi connectivity index (χ1v) is 19.2. The molecule has 0 bridgehead atoms. The van der Waals surface area contributed by atoms with Crippen molar-refractivity contribution >= 4 is 55.1 Å². The summed E-state index contributed by atoms with van der Waals surface area (Å²) >= 11 is 1.91. The highest BCUT2D eigenvalue weighted by molar-refractivity contribution is 7.99. The maximum Gasteiger partial charge on any atom is 0.0764 e. The van der Waals surface area contributed by atoms with Gasteiger partial charge in [-0.2, -0.15) is 0 Å². The van der Waals surface area contributed by atoms with Gasteiger partial charge in [0.2, 0.25) is 0 Å². The molecule has 9 aromatic carbocycles. The van der Waals surface area contributed by atoms with Crippen LogP contribution in [0.2, 0.25) is 0 Å². The van der Waals surface area contributed by atoms with Crippen LogP contribution < -0.4 is 0 Å². The summed E-state index contributed by atoms with van der Waals surface area (Å²) in [5.41, 5.74) is 13.8. The standard InChI is InChI=1S/C51H31NS/c1-2-15-32(16-3-1)48-35-18-4-6-20-37(35)49(38-21-7-5-19-36(38)48)33-29-30-42-47(31-33)53-46-28-13-10-24-41(46)51(42)40-23-9-12-27-45(40)52-44-26-11-8-17-34(44)39-22-14-25-43(51)50(39)52/h1-31H. The lowest BCUT2D eigenvalue weighted by atomic mass is 9.62. The summed E-state index contributed by atoms with van der Waals surface area (Å²) in [4.78, 5) is 2.61. The van der Waals surface area contributed by atoms with Crippen LogP contribution in [0.3, 0.4) is 0 Å². The van der Waals surface area contributed by atoms with Gasteiger partial charge in [-0.1, -0.05) is 176 Å². The summed E-state index contributed by atoms with van der Waals surface area (Å²) < 4.78 is 2.52. The van der Waals surface area contributed by atoms with Crippen LogP contribution in [0.1, 0.15) is 22.3 Å². The van der Waals surface area contributed by atoms with Crippen LogP contribution in [-0.4, -0.2) is 4.57 Å².